The highest BCUT2D eigenvalue weighted by Gasteiger charge is 2.19. The average molecular weight is 307 g/mol. The molecule has 2 aromatic rings. The van der Waals surface area contributed by atoms with Crippen molar-refractivity contribution in [2.45, 2.75) is 11.8 Å². The molecule has 4 N–H and O–H groups in total. The lowest BCUT2D eigenvalue weighted by Crippen LogP contribution is -2.16. The van der Waals surface area contributed by atoms with Gasteiger partial charge in [0.15, 0.2) is 0 Å². The van der Waals surface area contributed by atoms with E-state index >= 15 is 0 Å². The second-order valence-corrected chi connectivity index (χ2v) is 6.03. The number of pyridine rings is 1. The van der Waals surface area contributed by atoms with Gasteiger partial charge in [0.1, 0.15) is 10.7 Å². The highest BCUT2D eigenvalue weighted by Crippen LogP contribution is 2.22. The molecule has 2 rings (SSSR count). The Labute approximate surface area is 121 Å². The first-order valence-corrected chi connectivity index (χ1v) is 7.36. The van der Waals surface area contributed by atoms with Gasteiger partial charge in [0.25, 0.3) is 10.0 Å². The number of sulfonamides is 1. The first kappa shape index (κ1) is 14.8. The maximum Gasteiger partial charge on any atom is 0.335 e. The number of aromatic carboxylic acids is 1. The predicted octanol–water partition coefficient (Wildman–Crippen LogP) is 1.47. The van der Waals surface area contributed by atoms with Gasteiger partial charge in [0.05, 0.1) is 11.3 Å². The number of nitrogens with one attached hydrogen (secondary N) is 1. The van der Waals surface area contributed by atoms with Crippen LogP contribution in [-0.2, 0) is 10.0 Å². The van der Waals surface area contributed by atoms with Crippen molar-refractivity contribution >= 4 is 27.5 Å². The summed E-state index contributed by atoms with van der Waals surface area (Å²) >= 11 is 0. The van der Waals surface area contributed by atoms with Crippen LogP contribution in [0.3, 0.4) is 0 Å². The summed E-state index contributed by atoms with van der Waals surface area (Å²) < 4.78 is 26.7. The van der Waals surface area contributed by atoms with Gasteiger partial charge in [0.2, 0.25) is 0 Å². The molecule has 0 aliphatic heterocycles. The number of hydrogen-bond donors (Lipinski definition) is 3. The zero-order valence-electron chi connectivity index (χ0n) is 11.1. The SMILES string of the molecule is Cc1ccc(NS(=O)(=O)c2ccc(C(=O)O)cc2N)nc1. The standard InChI is InChI=1S/C13H13N3O4S/c1-8-2-5-12(15-7-8)16-21(19,20)11-4-3-9(13(17)18)6-10(11)14/h2-7H,14H2,1H3,(H,15,16)(H,17,18). The number of nitrogens with two attached hydrogens (primary N) is 1. The van der Waals surface area contributed by atoms with E-state index in [2.05, 4.69) is 9.71 Å². The van der Waals surface area contributed by atoms with Crippen molar-refractivity contribution in [1.82, 2.24) is 4.98 Å². The van der Waals surface area contributed by atoms with Crippen LogP contribution in [0, 0.1) is 6.92 Å². The van der Waals surface area contributed by atoms with Crippen molar-refractivity contribution < 1.29 is 18.3 Å². The Morgan fingerprint density at radius 1 is 1.29 bits per heavy atom. The molecule has 0 unspecified atom stereocenters. The fourth-order valence-electron chi connectivity index (χ4n) is 1.65. The third kappa shape index (κ3) is 3.29. The lowest BCUT2D eigenvalue weighted by molar-refractivity contribution is 0.0697. The van der Waals surface area contributed by atoms with Gasteiger partial charge in [-0.25, -0.2) is 18.2 Å². The molecule has 110 valence electrons. The van der Waals surface area contributed by atoms with Gasteiger partial charge in [-0.15, -0.1) is 0 Å². The summed E-state index contributed by atoms with van der Waals surface area (Å²) in [7, 11) is -3.93. The molecule has 0 bridgehead atoms. The monoisotopic (exact) mass is 307 g/mol. The number of carboxylic acids is 1. The van der Waals surface area contributed by atoms with Gasteiger partial charge in [-0.3, -0.25) is 4.72 Å². The van der Waals surface area contributed by atoms with Crippen LogP contribution < -0.4 is 10.5 Å². The zero-order chi connectivity index (χ0) is 15.6. The van der Waals surface area contributed by atoms with Crippen LogP contribution in [0.1, 0.15) is 15.9 Å². The van der Waals surface area contributed by atoms with Crippen molar-refractivity contribution in [2.24, 2.45) is 0 Å². The number of nitrogen functional groups attached to an aromatic ring is 1. The summed E-state index contributed by atoms with van der Waals surface area (Å²) in [6.07, 6.45) is 1.52. The maximum atomic E-state index is 12.2. The maximum absolute atomic E-state index is 12.2. The molecule has 1 aromatic heterocycles. The van der Waals surface area contributed by atoms with Crippen LogP contribution >= 0.6 is 0 Å². The van der Waals surface area contributed by atoms with Gasteiger partial charge < -0.3 is 10.8 Å². The first-order valence-electron chi connectivity index (χ1n) is 5.88. The third-order valence-corrected chi connectivity index (χ3v) is 4.13. The van der Waals surface area contributed by atoms with Crippen molar-refractivity contribution in [1.29, 1.82) is 0 Å². The van der Waals surface area contributed by atoms with Crippen molar-refractivity contribution in [3.8, 4) is 0 Å². The van der Waals surface area contributed by atoms with E-state index < -0.39 is 16.0 Å². The van der Waals surface area contributed by atoms with E-state index in [0.29, 0.717) is 0 Å². The zero-order valence-corrected chi connectivity index (χ0v) is 11.9. The Kier molecular flexibility index (Phi) is 3.81. The van der Waals surface area contributed by atoms with Crippen LogP contribution in [-0.4, -0.2) is 24.5 Å². The summed E-state index contributed by atoms with van der Waals surface area (Å²) in [6.45, 7) is 1.83. The molecular formula is C13H13N3O4S. The molecule has 0 aliphatic rings. The number of carboxylic acid groups (broad SMARTS) is 1. The van der Waals surface area contributed by atoms with Crippen molar-refractivity contribution in [2.75, 3.05) is 10.5 Å². The van der Waals surface area contributed by atoms with Crippen LogP contribution in [0.2, 0.25) is 0 Å². The van der Waals surface area contributed by atoms with Crippen molar-refractivity contribution in [3.63, 3.8) is 0 Å². The molecule has 8 heteroatoms. The largest absolute Gasteiger partial charge is 0.478 e. The van der Waals surface area contributed by atoms with Gasteiger partial charge in [-0.2, -0.15) is 0 Å². The van der Waals surface area contributed by atoms with Gasteiger partial charge in [0, 0.05) is 6.20 Å². The first-order chi connectivity index (χ1) is 9.79. The fraction of sp³-hybridized carbons (Fsp3) is 0.0769. The Bertz CT molecular complexity index is 786. The topological polar surface area (TPSA) is 122 Å². The van der Waals surface area contributed by atoms with E-state index in [1.807, 2.05) is 6.92 Å². The lowest BCUT2D eigenvalue weighted by atomic mass is 10.2. The quantitative estimate of drug-likeness (QED) is 0.735. The van der Waals surface area contributed by atoms with Crippen LogP contribution in [0.5, 0.6) is 0 Å². The van der Waals surface area contributed by atoms with Crippen LogP contribution in [0.25, 0.3) is 0 Å². The fourth-order valence-corrected chi connectivity index (χ4v) is 2.77. The van der Waals surface area contributed by atoms with E-state index in [0.717, 1.165) is 17.7 Å². The number of carbonyl (C=O) groups is 1. The third-order valence-electron chi connectivity index (χ3n) is 2.70. The Hall–Kier alpha value is -2.61. The minimum absolute atomic E-state index is 0.0834. The van der Waals surface area contributed by atoms with Gasteiger partial charge in [-0.05, 0) is 36.8 Å². The van der Waals surface area contributed by atoms with Gasteiger partial charge >= 0.3 is 5.97 Å². The van der Waals surface area contributed by atoms with Crippen LogP contribution in [0.15, 0.2) is 41.4 Å². The Morgan fingerprint density at radius 3 is 2.52 bits per heavy atom. The van der Waals surface area contributed by atoms with Crippen molar-refractivity contribution in [3.05, 3.63) is 47.7 Å². The molecular weight excluding hydrogens is 294 g/mol. The van der Waals surface area contributed by atoms with E-state index in [-0.39, 0.29) is 22.0 Å². The Balaban J connectivity index is 2.35. The summed E-state index contributed by atoms with van der Waals surface area (Å²) in [6, 6.07) is 6.65. The van der Waals surface area contributed by atoms with E-state index in [1.54, 1.807) is 6.07 Å². The minimum Gasteiger partial charge on any atom is -0.478 e. The van der Waals surface area contributed by atoms with E-state index in [9.17, 15) is 13.2 Å². The number of aromatic nitrogens is 1. The molecule has 0 radical (unpaired) electrons. The Morgan fingerprint density at radius 2 is 2.00 bits per heavy atom. The molecule has 0 aliphatic carbocycles. The summed E-state index contributed by atoms with van der Waals surface area (Å²) in [5.74, 6) is -1.03. The van der Waals surface area contributed by atoms with Crippen LogP contribution in [0.4, 0.5) is 11.5 Å². The predicted molar refractivity (Wildman–Crippen MR) is 77.6 cm³/mol. The highest BCUT2D eigenvalue weighted by atomic mass is 32.2. The number of anilines is 2. The number of benzene rings is 1. The number of rotatable bonds is 4. The van der Waals surface area contributed by atoms with E-state index in [1.165, 1.54) is 18.3 Å². The molecule has 0 amide bonds. The molecule has 21 heavy (non-hydrogen) atoms. The molecule has 7 nitrogen and oxygen atoms in total. The molecule has 1 heterocycles. The average Bonchev–Trinajstić information content (AvgIpc) is 2.40. The summed E-state index contributed by atoms with van der Waals surface area (Å²) in [5, 5.41) is 8.83. The number of aryl methyl sites for hydroxylation is 1. The molecule has 0 atom stereocenters. The summed E-state index contributed by atoms with van der Waals surface area (Å²) in [4.78, 5) is 14.5. The second kappa shape index (κ2) is 5.41. The number of hydrogen-bond acceptors (Lipinski definition) is 5. The number of nitrogens with zero attached hydrogens (tertiary/aromatic N) is 1. The molecule has 0 fully saturated rings. The highest BCUT2D eigenvalue weighted by molar-refractivity contribution is 7.92. The van der Waals surface area contributed by atoms with E-state index in [4.69, 9.17) is 10.8 Å². The molecule has 1 aromatic carbocycles. The molecule has 0 saturated carbocycles. The lowest BCUT2D eigenvalue weighted by Gasteiger charge is -2.10. The molecule has 0 spiro atoms. The summed E-state index contributed by atoms with van der Waals surface area (Å²) in [5.41, 5.74) is 6.28. The normalized spacial score (nSPS) is 11.1. The molecule has 0 saturated heterocycles. The second-order valence-electron chi connectivity index (χ2n) is 4.38. The minimum atomic E-state index is -3.93. The smallest absolute Gasteiger partial charge is 0.335 e. The van der Waals surface area contributed by atoms with Gasteiger partial charge in [-0.1, -0.05) is 6.07 Å².